The van der Waals surface area contributed by atoms with Crippen molar-refractivity contribution in [3.05, 3.63) is 65.2 Å². The van der Waals surface area contributed by atoms with Crippen molar-refractivity contribution in [2.45, 2.75) is 12.5 Å². The number of hydrogen-bond acceptors (Lipinski definition) is 3. The minimum absolute atomic E-state index is 0.142. The molecule has 21 heavy (non-hydrogen) atoms. The largest absolute Gasteiger partial charge is 0.477 e. The molecule has 0 saturated carbocycles. The molecular weight excluding hydrogens is 288 g/mol. The van der Waals surface area contributed by atoms with Crippen molar-refractivity contribution in [1.29, 1.82) is 0 Å². The zero-order valence-electron chi connectivity index (χ0n) is 11.1. The van der Waals surface area contributed by atoms with Crippen LogP contribution < -0.4 is 5.01 Å². The summed E-state index contributed by atoms with van der Waals surface area (Å²) in [5, 5.41) is 15.7. The summed E-state index contributed by atoms with van der Waals surface area (Å²) in [6.45, 7) is 0. The Labute approximate surface area is 127 Å². The molecule has 1 atom stereocenters. The van der Waals surface area contributed by atoms with E-state index in [1.54, 1.807) is 11.1 Å². The highest BCUT2D eigenvalue weighted by Gasteiger charge is 2.32. The van der Waals surface area contributed by atoms with Gasteiger partial charge < -0.3 is 5.11 Å². The molecule has 1 N–H and O–H groups in total. The van der Waals surface area contributed by atoms with Gasteiger partial charge >= 0.3 is 5.97 Å². The predicted molar refractivity (Wildman–Crippen MR) is 82.8 cm³/mol. The molecule has 1 aliphatic heterocycles. The molecule has 5 heteroatoms. The standard InChI is InChI=1S/C16H13ClN2O2/c17-12-8-4-5-9-14(12)19-15(10-13(18-19)16(20)21)11-6-2-1-3-7-11/h1-9,15H,10H2,(H,20,21)/t15-/m1/s1. The number of hydrogen-bond donors (Lipinski definition) is 1. The van der Waals surface area contributed by atoms with Crippen LogP contribution in [-0.4, -0.2) is 16.8 Å². The lowest BCUT2D eigenvalue weighted by Gasteiger charge is -2.24. The summed E-state index contributed by atoms with van der Waals surface area (Å²) in [6, 6.07) is 16.9. The molecule has 4 nitrogen and oxygen atoms in total. The van der Waals surface area contributed by atoms with Gasteiger partial charge in [-0.1, -0.05) is 54.1 Å². The number of carboxylic acids is 1. The fourth-order valence-electron chi connectivity index (χ4n) is 2.43. The number of benzene rings is 2. The molecule has 0 aliphatic carbocycles. The first-order valence-electron chi connectivity index (χ1n) is 6.56. The van der Waals surface area contributed by atoms with Gasteiger partial charge in [0, 0.05) is 6.42 Å². The number of aliphatic carboxylic acids is 1. The molecule has 0 radical (unpaired) electrons. The first-order valence-corrected chi connectivity index (χ1v) is 6.94. The Bertz CT molecular complexity index is 700. The van der Waals surface area contributed by atoms with Crippen LogP contribution in [0.1, 0.15) is 18.0 Å². The molecule has 106 valence electrons. The van der Waals surface area contributed by atoms with Crippen LogP contribution in [0.15, 0.2) is 59.7 Å². The van der Waals surface area contributed by atoms with Gasteiger partial charge in [-0.3, -0.25) is 5.01 Å². The molecule has 1 aliphatic rings. The summed E-state index contributed by atoms with van der Waals surface area (Å²) >= 11 is 6.23. The summed E-state index contributed by atoms with van der Waals surface area (Å²) in [5.41, 5.74) is 1.87. The maximum atomic E-state index is 11.2. The number of para-hydroxylation sites is 1. The summed E-state index contributed by atoms with van der Waals surface area (Å²) in [7, 11) is 0. The Hall–Kier alpha value is -2.33. The first-order chi connectivity index (χ1) is 10.2. The van der Waals surface area contributed by atoms with Crippen LogP contribution in [0.4, 0.5) is 5.69 Å². The normalized spacial score (nSPS) is 17.7. The second kappa shape index (κ2) is 5.58. The summed E-state index contributed by atoms with van der Waals surface area (Å²) in [4.78, 5) is 11.2. The maximum Gasteiger partial charge on any atom is 0.352 e. The minimum atomic E-state index is -0.995. The predicted octanol–water partition coefficient (Wildman–Crippen LogP) is 3.73. The lowest BCUT2D eigenvalue weighted by Crippen LogP contribution is -2.18. The molecule has 0 fully saturated rings. The van der Waals surface area contributed by atoms with Gasteiger partial charge in [0.15, 0.2) is 0 Å². The number of halogens is 1. The molecule has 0 aromatic heterocycles. The van der Waals surface area contributed by atoms with Gasteiger partial charge in [0.25, 0.3) is 0 Å². The maximum absolute atomic E-state index is 11.2. The van der Waals surface area contributed by atoms with E-state index in [1.807, 2.05) is 48.5 Å². The number of carboxylic acid groups (broad SMARTS) is 1. The van der Waals surface area contributed by atoms with Crippen molar-refractivity contribution in [3.8, 4) is 0 Å². The van der Waals surface area contributed by atoms with E-state index in [9.17, 15) is 9.90 Å². The fourth-order valence-corrected chi connectivity index (χ4v) is 2.66. The molecule has 0 saturated heterocycles. The van der Waals surface area contributed by atoms with Crippen LogP contribution in [0.25, 0.3) is 0 Å². The number of nitrogens with zero attached hydrogens (tertiary/aromatic N) is 2. The van der Waals surface area contributed by atoms with E-state index in [-0.39, 0.29) is 11.8 Å². The molecule has 0 spiro atoms. The highest BCUT2D eigenvalue weighted by atomic mass is 35.5. The number of hydrazone groups is 1. The Morgan fingerprint density at radius 3 is 2.48 bits per heavy atom. The van der Waals surface area contributed by atoms with Crippen molar-refractivity contribution in [1.82, 2.24) is 0 Å². The summed E-state index contributed by atoms with van der Waals surface area (Å²) in [6.07, 6.45) is 0.352. The molecule has 3 rings (SSSR count). The van der Waals surface area contributed by atoms with Gasteiger partial charge in [0.1, 0.15) is 5.71 Å². The van der Waals surface area contributed by atoms with E-state index in [4.69, 9.17) is 11.6 Å². The third-order valence-electron chi connectivity index (χ3n) is 3.44. The van der Waals surface area contributed by atoms with Gasteiger partial charge in [-0.15, -0.1) is 0 Å². The second-order valence-electron chi connectivity index (χ2n) is 4.78. The van der Waals surface area contributed by atoms with E-state index < -0.39 is 5.97 Å². The third kappa shape index (κ3) is 2.62. The number of carbonyl (C=O) groups is 1. The summed E-state index contributed by atoms with van der Waals surface area (Å²) in [5.74, 6) is -0.995. The van der Waals surface area contributed by atoms with E-state index >= 15 is 0 Å². The highest BCUT2D eigenvalue weighted by Crippen LogP contribution is 2.38. The van der Waals surface area contributed by atoms with Crippen molar-refractivity contribution < 1.29 is 9.90 Å². The van der Waals surface area contributed by atoms with E-state index in [0.717, 1.165) is 5.56 Å². The molecule has 0 unspecified atom stereocenters. The van der Waals surface area contributed by atoms with E-state index in [0.29, 0.717) is 17.1 Å². The van der Waals surface area contributed by atoms with Gasteiger partial charge in [0.2, 0.25) is 0 Å². The zero-order valence-corrected chi connectivity index (χ0v) is 11.9. The Kier molecular flexibility index (Phi) is 3.62. The second-order valence-corrected chi connectivity index (χ2v) is 5.19. The topological polar surface area (TPSA) is 52.9 Å². The minimum Gasteiger partial charge on any atom is -0.477 e. The van der Waals surface area contributed by atoms with Crippen molar-refractivity contribution >= 4 is 29.0 Å². The fraction of sp³-hybridized carbons (Fsp3) is 0.125. The average molecular weight is 301 g/mol. The monoisotopic (exact) mass is 300 g/mol. The smallest absolute Gasteiger partial charge is 0.352 e. The molecule has 2 aromatic carbocycles. The number of anilines is 1. The van der Waals surface area contributed by atoms with Crippen LogP contribution in [0, 0.1) is 0 Å². The third-order valence-corrected chi connectivity index (χ3v) is 3.76. The van der Waals surface area contributed by atoms with Crippen LogP contribution in [0.5, 0.6) is 0 Å². The Balaban J connectivity index is 2.05. The van der Waals surface area contributed by atoms with Crippen molar-refractivity contribution in [2.24, 2.45) is 5.10 Å². The molecule has 1 heterocycles. The van der Waals surface area contributed by atoms with Crippen LogP contribution in [0.3, 0.4) is 0 Å². The van der Waals surface area contributed by atoms with E-state index in [2.05, 4.69) is 5.10 Å². The quantitative estimate of drug-likeness (QED) is 0.939. The Morgan fingerprint density at radius 1 is 1.14 bits per heavy atom. The van der Waals surface area contributed by atoms with Gasteiger partial charge in [-0.05, 0) is 17.7 Å². The lowest BCUT2D eigenvalue weighted by molar-refractivity contribution is -0.129. The van der Waals surface area contributed by atoms with Crippen LogP contribution in [0.2, 0.25) is 5.02 Å². The number of rotatable bonds is 3. The molecule has 2 aromatic rings. The van der Waals surface area contributed by atoms with Gasteiger partial charge in [-0.2, -0.15) is 5.10 Å². The SMILES string of the molecule is O=C(O)C1=NN(c2ccccc2Cl)[C@@H](c2ccccc2)C1. The Morgan fingerprint density at radius 2 is 1.81 bits per heavy atom. The van der Waals surface area contributed by atoms with Crippen molar-refractivity contribution in [2.75, 3.05) is 5.01 Å². The van der Waals surface area contributed by atoms with E-state index in [1.165, 1.54) is 0 Å². The highest BCUT2D eigenvalue weighted by molar-refractivity contribution is 6.37. The molecule has 0 amide bonds. The average Bonchev–Trinajstić information content (AvgIpc) is 2.94. The van der Waals surface area contributed by atoms with Crippen LogP contribution >= 0.6 is 11.6 Å². The van der Waals surface area contributed by atoms with Gasteiger partial charge in [0.05, 0.1) is 16.8 Å². The van der Waals surface area contributed by atoms with Crippen LogP contribution in [-0.2, 0) is 4.79 Å². The zero-order chi connectivity index (χ0) is 14.8. The van der Waals surface area contributed by atoms with Gasteiger partial charge in [-0.25, -0.2) is 4.79 Å². The first kappa shape index (κ1) is 13.6. The molecule has 0 bridgehead atoms. The summed E-state index contributed by atoms with van der Waals surface area (Å²) < 4.78 is 0. The van der Waals surface area contributed by atoms with Crippen molar-refractivity contribution in [3.63, 3.8) is 0 Å². The lowest BCUT2D eigenvalue weighted by atomic mass is 10.0. The molecular formula is C16H13ClN2O2.